The Balaban J connectivity index is 1.62. The predicted molar refractivity (Wildman–Crippen MR) is 70.0 cm³/mol. The zero-order valence-corrected chi connectivity index (χ0v) is 10.6. The van der Waals surface area contributed by atoms with Crippen LogP contribution in [0.5, 0.6) is 0 Å². The second-order valence-electron chi connectivity index (χ2n) is 4.91. The van der Waals surface area contributed by atoms with E-state index in [4.69, 9.17) is 0 Å². The molecular weight excluding hydrogens is 224 g/mol. The fraction of sp³-hybridized carbons (Fsp3) is 0.429. The van der Waals surface area contributed by atoms with E-state index in [0.29, 0.717) is 12.1 Å². The van der Waals surface area contributed by atoms with Crippen molar-refractivity contribution >= 4 is 0 Å². The Hall–Kier alpha value is -1.68. The largest absolute Gasteiger partial charge is 0.330 e. The van der Waals surface area contributed by atoms with Crippen LogP contribution in [0.3, 0.4) is 0 Å². The molecule has 1 aliphatic carbocycles. The van der Waals surface area contributed by atoms with Crippen molar-refractivity contribution in [2.75, 3.05) is 0 Å². The molecule has 0 bridgehead atoms. The Labute approximate surface area is 107 Å². The molecule has 1 saturated carbocycles. The number of imidazole rings is 1. The molecule has 3 rings (SSSR count). The molecular formula is C14H18N4. The van der Waals surface area contributed by atoms with E-state index < -0.39 is 0 Å². The van der Waals surface area contributed by atoms with E-state index in [0.717, 1.165) is 6.54 Å². The van der Waals surface area contributed by atoms with Gasteiger partial charge in [-0.25, -0.2) is 4.98 Å². The average Bonchev–Trinajstić information content (AvgIpc) is 3.16. The van der Waals surface area contributed by atoms with Crippen LogP contribution in [0.1, 0.15) is 43.1 Å². The Morgan fingerprint density at radius 2 is 2.11 bits per heavy atom. The van der Waals surface area contributed by atoms with Gasteiger partial charge in [0.05, 0.1) is 12.0 Å². The average molecular weight is 242 g/mol. The van der Waals surface area contributed by atoms with Gasteiger partial charge in [0.2, 0.25) is 0 Å². The molecule has 1 fully saturated rings. The molecule has 94 valence electrons. The van der Waals surface area contributed by atoms with Crippen LogP contribution in [0, 0.1) is 0 Å². The number of nitrogens with one attached hydrogen (secondary N) is 1. The zero-order chi connectivity index (χ0) is 12.4. The van der Waals surface area contributed by atoms with Crippen molar-refractivity contribution in [2.24, 2.45) is 0 Å². The minimum atomic E-state index is 0.329. The number of rotatable bonds is 5. The molecule has 0 spiro atoms. The van der Waals surface area contributed by atoms with Gasteiger partial charge in [0.1, 0.15) is 0 Å². The number of nitrogens with zero attached hydrogens (tertiary/aromatic N) is 3. The lowest BCUT2D eigenvalue weighted by Crippen LogP contribution is -2.19. The summed E-state index contributed by atoms with van der Waals surface area (Å²) in [5.41, 5.74) is 2.54. The summed E-state index contributed by atoms with van der Waals surface area (Å²) in [6.07, 6.45) is 10.2. The molecule has 4 nitrogen and oxygen atoms in total. The van der Waals surface area contributed by atoms with E-state index >= 15 is 0 Å². The van der Waals surface area contributed by atoms with Crippen molar-refractivity contribution in [1.29, 1.82) is 0 Å². The smallest absolute Gasteiger partial charge is 0.0951 e. The predicted octanol–water partition coefficient (Wildman–Crippen LogP) is 2.46. The Morgan fingerprint density at radius 1 is 1.33 bits per heavy atom. The van der Waals surface area contributed by atoms with Crippen molar-refractivity contribution in [1.82, 2.24) is 19.9 Å². The molecule has 1 N–H and O–H groups in total. The molecule has 0 radical (unpaired) electrons. The summed E-state index contributed by atoms with van der Waals surface area (Å²) in [6.45, 7) is 3.03. The summed E-state index contributed by atoms with van der Waals surface area (Å²) < 4.78 is 2.30. The van der Waals surface area contributed by atoms with Crippen molar-refractivity contribution in [2.45, 2.75) is 38.4 Å². The summed E-state index contributed by atoms with van der Waals surface area (Å²) >= 11 is 0. The summed E-state index contributed by atoms with van der Waals surface area (Å²) in [5, 5.41) is 3.54. The van der Waals surface area contributed by atoms with Gasteiger partial charge in [-0.3, -0.25) is 4.98 Å². The third-order valence-electron chi connectivity index (χ3n) is 3.48. The highest BCUT2D eigenvalue weighted by molar-refractivity contribution is 5.14. The Kier molecular flexibility index (Phi) is 3.11. The summed E-state index contributed by atoms with van der Waals surface area (Å²) in [7, 11) is 0. The molecule has 0 amide bonds. The normalized spacial score (nSPS) is 16.7. The van der Waals surface area contributed by atoms with Crippen molar-refractivity contribution in [3.8, 4) is 0 Å². The third-order valence-corrected chi connectivity index (χ3v) is 3.48. The lowest BCUT2D eigenvalue weighted by Gasteiger charge is -2.14. The van der Waals surface area contributed by atoms with Crippen LogP contribution >= 0.6 is 0 Å². The second kappa shape index (κ2) is 4.90. The molecule has 2 aromatic rings. The highest BCUT2D eigenvalue weighted by Gasteiger charge is 2.25. The van der Waals surface area contributed by atoms with E-state index in [1.807, 2.05) is 24.9 Å². The lowest BCUT2D eigenvalue weighted by atomic mass is 10.1. The van der Waals surface area contributed by atoms with Gasteiger partial charge in [0, 0.05) is 37.2 Å². The number of hydrogen-bond donors (Lipinski definition) is 1. The van der Waals surface area contributed by atoms with E-state index in [1.165, 1.54) is 24.1 Å². The van der Waals surface area contributed by atoms with Gasteiger partial charge in [0.15, 0.2) is 0 Å². The highest BCUT2D eigenvalue weighted by atomic mass is 15.1. The first-order valence-electron chi connectivity index (χ1n) is 6.48. The quantitative estimate of drug-likeness (QED) is 0.875. The number of hydrogen-bond acceptors (Lipinski definition) is 3. The molecule has 0 unspecified atom stereocenters. The van der Waals surface area contributed by atoms with Crippen LogP contribution in [-0.2, 0) is 6.54 Å². The van der Waals surface area contributed by atoms with Gasteiger partial charge in [-0.15, -0.1) is 0 Å². The van der Waals surface area contributed by atoms with E-state index in [9.17, 15) is 0 Å². The van der Waals surface area contributed by atoms with Crippen LogP contribution in [0.15, 0.2) is 37.1 Å². The standard InChI is InChI=1S/C14H18N4/c1-11(12-4-6-15-7-5-12)17-9-14-8-16-10-18(14)13-2-3-13/h4-8,10-11,13,17H,2-3,9H2,1H3/t11-/m0/s1. The Morgan fingerprint density at radius 3 is 2.83 bits per heavy atom. The first kappa shape index (κ1) is 11.4. The molecule has 1 atom stereocenters. The van der Waals surface area contributed by atoms with E-state index in [2.05, 4.69) is 38.9 Å². The maximum absolute atomic E-state index is 4.25. The fourth-order valence-electron chi connectivity index (χ4n) is 2.18. The van der Waals surface area contributed by atoms with Crippen molar-refractivity contribution in [3.63, 3.8) is 0 Å². The number of aromatic nitrogens is 3. The molecule has 1 aliphatic rings. The summed E-state index contributed by atoms with van der Waals surface area (Å²) in [5.74, 6) is 0. The molecule has 0 aromatic carbocycles. The van der Waals surface area contributed by atoms with Crippen LogP contribution in [0.25, 0.3) is 0 Å². The SMILES string of the molecule is C[C@H](NCc1cncn1C1CC1)c1ccncc1. The van der Waals surface area contributed by atoms with Crippen molar-refractivity contribution in [3.05, 3.63) is 48.3 Å². The van der Waals surface area contributed by atoms with Gasteiger partial charge in [-0.05, 0) is 37.5 Å². The van der Waals surface area contributed by atoms with Crippen LogP contribution in [-0.4, -0.2) is 14.5 Å². The first-order chi connectivity index (χ1) is 8.84. The second-order valence-corrected chi connectivity index (χ2v) is 4.91. The third kappa shape index (κ3) is 2.43. The molecule has 0 aliphatic heterocycles. The lowest BCUT2D eigenvalue weighted by molar-refractivity contribution is 0.546. The molecule has 2 aromatic heterocycles. The molecule has 4 heteroatoms. The number of pyridine rings is 1. The Bertz CT molecular complexity index is 502. The summed E-state index contributed by atoms with van der Waals surface area (Å²) in [6, 6.07) is 5.13. The highest BCUT2D eigenvalue weighted by Crippen LogP contribution is 2.35. The van der Waals surface area contributed by atoms with Crippen molar-refractivity contribution < 1.29 is 0 Å². The minimum Gasteiger partial charge on any atom is -0.330 e. The van der Waals surface area contributed by atoms with Crippen LogP contribution < -0.4 is 5.32 Å². The van der Waals surface area contributed by atoms with Gasteiger partial charge >= 0.3 is 0 Å². The van der Waals surface area contributed by atoms with E-state index in [-0.39, 0.29) is 0 Å². The first-order valence-corrected chi connectivity index (χ1v) is 6.48. The van der Waals surface area contributed by atoms with Gasteiger partial charge < -0.3 is 9.88 Å². The molecule has 18 heavy (non-hydrogen) atoms. The maximum atomic E-state index is 4.25. The minimum absolute atomic E-state index is 0.329. The fourth-order valence-corrected chi connectivity index (χ4v) is 2.18. The van der Waals surface area contributed by atoms with Crippen LogP contribution in [0.2, 0.25) is 0 Å². The van der Waals surface area contributed by atoms with Gasteiger partial charge in [-0.2, -0.15) is 0 Å². The van der Waals surface area contributed by atoms with Crippen LogP contribution in [0.4, 0.5) is 0 Å². The van der Waals surface area contributed by atoms with Gasteiger partial charge in [-0.1, -0.05) is 0 Å². The molecule has 0 saturated heterocycles. The van der Waals surface area contributed by atoms with Gasteiger partial charge in [0.25, 0.3) is 0 Å². The monoisotopic (exact) mass is 242 g/mol. The zero-order valence-electron chi connectivity index (χ0n) is 10.6. The summed E-state index contributed by atoms with van der Waals surface area (Å²) in [4.78, 5) is 8.29. The maximum Gasteiger partial charge on any atom is 0.0951 e. The molecule has 2 heterocycles. The topological polar surface area (TPSA) is 42.7 Å². The van der Waals surface area contributed by atoms with E-state index in [1.54, 1.807) is 0 Å².